The zero-order valence-corrected chi connectivity index (χ0v) is 12.8. The number of carboxylic acid groups (broad SMARTS) is 1. The quantitative estimate of drug-likeness (QED) is 0.699. The minimum absolute atomic E-state index is 0.147. The number of hydrogen-bond donors (Lipinski definition) is 1. The van der Waals surface area contributed by atoms with Crippen LogP contribution in [0, 0.1) is 18.3 Å². The normalized spacial score (nSPS) is 19.7. The molecule has 1 N–H and O–H groups in total. The van der Waals surface area contributed by atoms with E-state index in [1.165, 1.54) is 0 Å². The molecular weight excluding hydrogens is 282 g/mol. The van der Waals surface area contributed by atoms with Crippen LogP contribution in [0.4, 0.5) is 0 Å². The van der Waals surface area contributed by atoms with E-state index in [0.29, 0.717) is 31.6 Å². The van der Waals surface area contributed by atoms with Crippen molar-refractivity contribution in [1.82, 2.24) is 4.90 Å². The highest BCUT2D eigenvalue weighted by atomic mass is 16.4. The lowest BCUT2D eigenvalue weighted by molar-refractivity contribution is -0.138. The Labute approximate surface area is 131 Å². The van der Waals surface area contributed by atoms with E-state index in [2.05, 4.69) is 16.1 Å². The van der Waals surface area contributed by atoms with Gasteiger partial charge in [0, 0.05) is 45.2 Å². The molecule has 0 aromatic rings. The van der Waals surface area contributed by atoms with Gasteiger partial charge in [-0.1, -0.05) is 0 Å². The number of terminal acetylenes is 1. The number of hydrogen-bond acceptors (Lipinski definition) is 4. The third-order valence-electron chi connectivity index (χ3n) is 4.53. The number of aliphatic carboxylic acids is 1. The highest BCUT2D eigenvalue weighted by molar-refractivity contribution is 5.76. The van der Waals surface area contributed by atoms with E-state index in [1.54, 1.807) is 0 Å². The lowest BCUT2D eigenvalue weighted by Crippen LogP contribution is -2.38. The van der Waals surface area contributed by atoms with Crippen LogP contribution in [0.25, 0.3) is 0 Å². The van der Waals surface area contributed by atoms with Gasteiger partial charge in [-0.25, -0.2) is 0 Å². The van der Waals surface area contributed by atoms with E-state index in [1.807, 2.05) is 4.90 Å². The predicted molar refractivity (Wildman–Crippen MR) is 81.1 cm³/mol. The highest BCUT2D eigenvalue weighted by Crippen LogP contribution is 2.37. The summed E-state index contributed by atoms with van der Waals surface area (Å²) in [6.07, 6.45) is 10.4. The Bertz CT molecular complexity index is 481. The van der Waals surface area contributed by atoms with Gasteiger partial charge >= 0.3 is 5.97 Å². The number of carbonyl (C=O) groups excluding carboxylic acids is 1. The van der Waals surface area contributed by atoms with Crippen molar-refractivity contribution in [2.75, 3.05) is 13.1 Å². The maximum absolute atomic E-state index is 12.2. The van der Waals surface area contributed by atoms with E-state index in [9.17, 15) is 9.59 Å². The topological polar surface area (TPSA) is 82.3 Å². The predicted octanol–water partition coefficient (Wildman–Crippen LogP) is 2.45. The molecule has 2 aliphatic rings. The summed E-state index contributed by atoms with van der Waals surface area (Å²) in [5.74, 6) is 2.41. The van der Waals surface area contributed by atoms with Gasteiger partial charge in [0.1, 0.15) is 0 Å². The number of piperidine rings is 1. The van der Waals surface area contributed by atoms with Crippen molar-refractivity contribution in [2.24, 2.45) is 16.1 Å². The van der Waals surface area contributed by atoms with Gasteiger partial charge in [0.15, 0.2) is 5.66 Å². The molecule has 0 saturated carbocycles. The van der Waals surface area contributed by atoms with Crippen LogP contribution in [0.5, 0.6) is 0 Å². The number of nitrogens with zero attached hydrogens (tertiary/aromatic N) is 3. The molecule has 0 aromatic carbocycles. The number of amides is 1. The van der Waals surface area contributed by atoms with Crippen molar-refractivity contribution in [3.05, 3.63) is 0 Å². The van der Waals surface area contributed by atoms with Gasteiger partial charge in [-0.15, -0.1) is 12.3 Å². The summed E-state index contributed by atoms with van der Waals surface area (Å²) < 4.78 is 0. The van der Waals surface area contributed by atoms with Crippen molar-refractivity contribution in [2.45, 2.75) is 57.0 Å². The molecular formula is C16H23N3O3. The Morgan fingerprint density at radius 3 is 2.45 bits per heavy atom. The summed E-state index contributed by atoms with van der Waals surface area (Å²) in [5, 5.41) is 16.8. The maximum atomic E-state index is 12.2. The van der Waals surface area contributed by atoms with E-state index in [-0.39, 0.29) is 18.0 Å². The molecule has 2 aliphatic heterocycles. The standard InChI is InChI=1S/C16H23N3O3/c1-2-3-9-16(17-18-16)10-6-14(20)19-11-7-13(8-12-19)4-5-15(21)22/h1,13H,3-12H2,(H,21,22). The SMILES string of the molecule is C#CCCC1(CCC(=O)N2CCC(CCC(=O)O)CC2)N=N1. The van der Waals surface area contributed by atoms with Crippen LogP contribution >= 0.6 is 0 Å². The molecule has 0 aromatic heterocycles. The number of likely N-dealkylation sites (tertiary alicyclic amines) is 1. The molecule has 0 unspecified atom stereocenters. The van der Waals surface area contributed by atoms with Gasteiger partial charge in [0.05, 0.1) is 0 Å². The van der Waals surface area contributed by atoms with Crippen molar-refractivity contribution in [3.63, 3.8) is 0 Å². The molecule has 0 aliphatic carbocycles. The van der Waals surface area contributed by atoms with Crippen molar-refractivity contribution in [1.29, 1.82) is 0 Å². The van der Waals surface area contributed by atoms with Crippen molar-refractivity contribution < 1.29 is 14.7 Å². The second-order valence-corrected chi connectivity index (χ2v) is 6.14. The third-order valence-corrected chi connectivity index (χ3v) is 4.53. The van der Waals surface area contributed by atoms with E-state index in [0.717, 1.165) is 32.4 Å². The zero-order chi connectivity index (χ0) is 16.0. The first-order chi connectivity index (χ1) is 10.5. The Morgan fingerprint density at radius 2 is 1.91 bits per heavy atom. The minimum Gasteiger partial charge on any atom is -0.481 e. The van der Waals surface area contributed by atoms with Crippen LogP contribution in [0.15, 0.2) is 10.2 Å². The smallest absolute Gasteiger partial charge is 0.303 e. The second-order valence-electron chi connectivity index (χ2n) is 6.14. The molecule has 1 saturated heterocycles. The fourth-order valence-corrected chi connectivity index (χ4v) is 2.93. The van der Waals surface area contributed by atoms with Crippen LogP contribution in [0.1, 0.15) is 51.4 Å². The molecule has 0 radical (unpaired) electrons. The molecule has 2 rings (SSSR count). The molecule has 1 fully saturated rings. The van der Waals surface area contributed by atoms with E-state index >= 15 is 0 Å². The van der Waals surface area contributed by atoms with Crippen LogP contribution in [-0.4, -0.2) is 40.6 Å². The van der Waals surface area contributed by atoms with Gasteiger partial charge in [-0.3, -0.25) is 9.59 Å². The zero-order valence-electron chi connectivity index (χ0n) is 12.8. The monoisotopic (exact) mass is 305 g/mol. The van der Waals surface area contributed by atoms with Gasteiger partial charge in [0.2, 0.25) is 5.91 Å². The van der Waals surface area contributed by atoms with Crippen LogP contribution in [0.3, 0.4) is 0 Å². The Hall–Kier alpha value is -1.90. The Balaban J connectivity index is 1.65. The molecule has 6 heteroatoms. The van der Waals surface area contributed by atoms with Gasteiger partial charge in [-0.2, -0.15) is 10.2 Å². The summed E-state index contributed by atoms with van der Waals surface area (Å²) in [6.45, 7) is 1.46. The Kier molecular flexibility index (Phi) is 5.53. The largest absolute Gasteiger partial charge is 0.481 e. The molecule has 1 amide bonds. The van der Waals surface area contributed by atoms with Crippen LogP contribution in [0.2, 0.25) is 0 Å². The van der Waals surface area contributed by atoms with Crippen LogP contribution < -0.4 is 0 Å². The fourth-order valence-electron chi connectivity index (χ4n) is 2.93. The van der Waals surface area contributed by atoms with E-state index in [4.69, 9.17) is 11.5 Å². The lowest BCUT2D eigenvalue weighted by atomic mass is 9.92. The maximum Gasteiger partial charge on any atom is 0.303 e. The first-order valence-corrected chi connectivity index (χ1v) is 7.92. The first kappa shape index (κ1) is 16.5. The second kappa shape index (κ2) is 7.39. The average molecular weight is 305 g/mol. The molecule has 22 heavy (non-hydrogen) atoms. The summed E-state index contributed by atoms with van der Waals surface area (Å²) in [4.78, 5) is 24.7. The molecule has 120 valence electrons. The van der Waals surface area contributed by atoms with Gasteiger partial charge < -0.3 is 10.0 Å². The van der Waals surface area contributed by atoms with Gasteiger partial charge in [0.25, 0.3) is 0 Å². The number of carbonyl (C=O) groups is 2. The molecule has 2 heterocycles. The Morgan fingerprint density at radius 1 is 1.23 bits per heavy atom. The summed E-state index contributed by atoms with van der Waals surface area (Å²) in [7, 11) is 0. The van der Waals surface area contributed by atoms with E-state index < -0.39 is 5.97 Å². The van der Waals surface area contributed by atoms with Crippen molar-refractivity contribution >= 4 is 11.9 Å². The van der Waals surface area contributed by atoms with Gasteiger partial charge in [-0.05, 0) is 25.2 Å². The van der Waals surface area contributed by atoms with Crippen LogP contribution in [-0.2, 0) is 9.59 Å². The molecule has 0 atom stereocenters. The minimum atomic E-state index is -0.743. The number of rotatable bonds is 8. The fraction of sp³-hybridized carbons (Fsp3) is 0.750. The lowest BCUT2D eigenvalue weighted by Gasteiger charge is -2.32. The van der Waals surface area contributed by atoms with Crippen molar-refractivity contribution in [3.8, 4) is 12.3 Å². The molecule has 6 nitrogen and oxygen atoms in total. The average Bonchev–Trinajstić information content (AvgIpc) is 3.29. The third kappa shape index (κ3) is 4.83. The summed E-state index contributed by atoms with van der Waals surface area (Å²) >= 11 is 0. The first-order valence-electron chi connectivity index (χ1n) is 7.92. The summed E-state index contributed by atoms with van der Waals surface area (Å²) in [5.41, 5.74) is -0.387. The summed E-state index contributed by atoms with van der Waals surface area (Å²) in [6, 6.07) is 0. The molecule has 0 bridgehead atoms. The number of carboxylic acids is 1. The highest BCUT2D eigenvalue weighted by Gasteiger charge is 2.39. The molecule has 0 spiro atoms.